The van der Waals surface area contributed by atoms with Crippen molar-refractivity contribution < 1.29 is 58.2 Å². The molecule has 0 unspecified atom stereocenters. The summed E-state index contributed by atoms with van der Waals surface area (Å²) in [6.45, 7) is 4.17. The summed E-state index contributed by atoms with van der Waals surface area (Å²) in [7, 11) is 0. The minimum Gasteiger partial charge on any atom is -0.391 e. The van der Waals surface area contributed by atoms with Crippen LogP contribution < -0.4 is 87.6 Å². The van der Waals surface area contributed by atoms with E-state index in [1.165, 1.54) is 13.8 Å². The van der Waals surface area contributed by atoms with Crippen molar-refractivity contribution in [3.63, 3.8) is 0 Å². The van der Waals surface area contributed by atoms with E-state index in [4.69, 9.17) is 34.4 Å². The highest BCUT2D eigenvalue weighted by atomic mass is 16.3. The van der Waals surface area contributed by atoms with Crippen LogP contribution in [0.1, 0.15) is 72.6 Å². The van der Waals surface area contributed by atoms with E-state index in [1.807, 2.05) is 0 Å². The average molecular weight is 973 g/mol. The monoisotopic (exact) mass is 973 g/mol. The minimum atomic E-state index is -1.66. The molecule has 1 aliphatic heterocycles. The van der Waals surface area contributed by atoms with E-state index < -0.39 is 151 Å². The molecule has 1 rings (SSSR count). The van der Waals surface area contributed by atoms with Gasteiger partial charge in [-0.15, -0.1) is 0 Å². The molecule has 10 amide bonds. The smallest absolute Gasteiger partial charge is 0.245 e. The lowest BCUT2D eigenvalue weighted by atomic mass is 9.97. The number of hydrogen-bond acceptors (Lipinski definition) is 18. The van der Waals surface area contributed by atoms with E-state index in [-0.39, 0.29) is 64.8 Å². The van der Waals surface area contributed by atoms with Crippen molar-refractivity contribution in [3.8, 4) is 0 Å². The number of nitrogens with one attached hydrogen (secondary N) is 10. The van der Waals surface area contributed by atoms with Gasteiger partial charge < -0.3 is 97.8 Å². The standard InChI is InChI=1S/C40H76N16O12/c1-5-19(2)29-39(67)52-24(8-14-43)34(62)50-26(10-16-45)37(65)56-30(20(3)57)38(66)47-17-11-27(36(64)49-23(7-13-42)33(61)48-18-28(59)54-29)51-35(63)25(9-15-44)53-40(68)31(21(4)58)55-32(60)22(46)6-12-41/h19-27,29-31,57-58H,5-18,41-46H2,1-4H3,(H,47,66)(H,48,61)(H,49,64)(H,50,62)(H,51,63)(H,52,67)(H,53,68)(H,54,59)(H,55,60)(H,56,65)/t19-,20+,21+,22-,23-,24-,25-,26-,27-,29-,30-,31-/m0/s1. The number of aliphatic hydroxyl groups is 2. The van der Waals surface area contributed by atoms with Gasteiger partial charge in [0.1, 0.15) is 48.3 Å². The highest BCUT2D eigenvalue weighted by molar-refractivity contribution is 5.98. The Bertz CT molecular complexity index is 1710. The lowest BCUT2D eigenvalue weighted by molar-refractivity contribution is -0.136. The van der Waals surface area contributed by atoms with Crippen molar-refractivity contribution in [1.82, 2.24) is 53.2 Å². The lowest BCUT2D eigenvalue weighted by Gasteiger charge is -2.28. The summed E-state index contributed by atoms with van der Waals surface area (Å²) in [6, 6.07) is -12.8. The van der Waals surface area contributed by atoms with Crippen LogP contribution in [0.3, 0.4) is 0 Å². The van der Waals surface area contributed by atoms with Crippen LogP contribution in [0.2, 0.25) is 0 Å². The maximum atomic E-state index is 14.0. The number of hydrogen-bond donors (Lipinski definition) is 18. The first kappa shape index (κ1) is 60.4. The van der Waals surface area contributed by atoms with Gasteiger partial charge in [0.15, 0.2) is 0 Å². The second kappa shape index (κ2) is 31.4. The molecule has 0 aliphatic carbocycles. The van der Waals surface area contributed by atoms with E-state index in [2.05, 4.69) is 53.2 Å². The molecule has 0 aromatic carbocycles. The molecule has 1 fully saturated rings. The zero-order chi connectivity index (χ0) is 51.7. The predicted octanol–water partition coefficient (Wildman–Crippen LogP) is -9.62. The number of rotatable bonds is 20. The summed E-state index contributed by atoms with van der Waals surface area (Å²) in [5, 5.41) is 45.4. The fourth-order valence-corrected chi connectivity index (χ4v) is 6.65. The first-order valence-corrected chi connectivity index (χ1v) is 22.7. The van der Waals surface area contributed by atoms with Crippen molar-refractivity contribution in [2.45, 2.75) is 139 Å². The number of amides is 10. The minimum absolute atomic E-state index is 0.0527. The fraction of sp³-hybridized carbons (Fsp3) is 0.750. The Kier molecular flexibility index (Phi) is 27.9. The van der Waals surface area contributed by atoms with E-state index in [1.54, 1.807) is 13.8 Å². The largest absolute Gasteiger partial charge is 0.391 e. The van der Waals surface area contributed by atoms with Crippen molar-refractivity contribution in [2.75, 3.05) is 45.8 Å². The van der Waals surface area contributed by atoms with Crippen LogP contribution in [0.25, 0.3) is 0 Å². The molecule has 1 heterocycles. The van der Waals surface area contributed by atoms with Gasteiger partial charge in [-0.1, -0.05) is 20.3 Å². The Morgan fingerprint density at radius 3 is 1.66 bits per heavy atom. The number of nitrogens with two attached hydrogens (primary N) is 6. The summed E-state index contributed by atoms with van der Waals surface area (Å²) < 4.78 is 0. The normalized spacial score (nSPS) is 24.6. The zero-order valence-corrected chi connectivity index (χ0v) is 39.3. The molecule has 12 atom stereocenters. The van der Waals surface area contributed by atoms with E-state index in [9.17, 15) is 58.2 Å². The molecule has 0 radical (unpaired) electrons. The van der Waals surface area contributed by atoms with Crippen LogP contribution in [0.4, 0.5) is 0 Å². The molecule has 0 saturated carbocycles. The summed E-state index contributed by atoms with van der Waals surface area (Å²) >= 11 is 0. The number of carbonyl (C=O) groups excluding carboxylic acids is 10. The van der Waals surface area contributed by atoms with Crippen LogP contribution in [0.5, 0.6) is 0 Å². The molecule has 388 valence electrons. The van der Waals surface area contributed by atoms with Crippen molar-refractivity contribution in [3.05, 3.63) is 0 Å². The zero-order valence-electron chi connectivity index (χ0n) is 39.3. The molecule has 1 saturated heterocycles. The van der Waals surface area contributed by atoms with Gasteiger partial charge >= 0.3 is 0 Å². The van der Waals surface area contributed by atoms with Crippen molar-refractivity contribution >= 4 is 59.1 Å². The molecule has 0 aromatic heterocycles. The highest BCUT2D eigenvalue weighted by Crippen LogP contribution is 2.10. The molecule has 0 aromatic rings. The van der Waals surface area contributed by atoms with Gasteiger partial charge in [0.25, 0.3) is 0 Å². The van der Waals surface area contributed by atoms with Gasteiger partial charge in [0.2, 0.25) is 59.1 Å². The summed E-state index contributed by atoms with van der Waals surface area (Å²) in [5.41, 5.74) is 34.3. The number of carbonyl (C=O) groups is 10. The topological polar surface area (TPSA) is 488 Å². The first-order valence-electron chi connectivity index (χ1n) is 22.7. The molecule has 28 heteroatoms. The Balaban J connectivity index is 3.72. The van der Waals surface area contributed by atoms with Gasteiger partial charge in [0.05, 0.1) is 24.8 Å². The molecular formula is C40H76N16O12. The van der Waals surface area contributed by atoms with Gasteiger partial charge in [-0.25, -0.2) is 0 Å². The number of aliphatic hydroxyl groups excluding tert-OH is 2. The maximum Gasteiger partial charge on any atom is 0.245 e. The van der Waals surface area contributed by atoms with Gasteiger partial charge in [-0.3, -0.25) is 47.9 Å². The van der Waals surface area contributed by atoms with Gasteiger partial charge in [-0.2, -0.15) is 0 Å². The van der Waals surface area contributed by atoms with Gasteiger partial charge in [0, 0.05) is 6.54 Å². The Morgan fingerprint density at radius 1 is 0.618 bits per heavy atom. The summed E-state index contributed by atoms with van der Waals surface area (Å²) in [6.07, 6.45) is -3.69. The lowest BCUT2D eigenvalue weighted by Crippen LogP contribution is -2.61. The molecule has 24 N–H and O–H groups in total. The van der Waals surface area contributed by atoms with Crippen LogP contribution in [-0.2, 0) is 47.9 Å². The van der Waals surface area contributed by atoms with Crippen LogP contribution in [0, 0.1) is 5.92 Å². The average Bonchev–Trinajstić information content (AvgIpc) is 3.28. The highest BCUT2D eigenvalue weighted by Gasteiger charge is 2.36. The molecule has 68 heavy (non-hydrogen) atoms. The molecule has 0 bridgehead atoms. The van der Waals surface area contributed by atoms with Crippen LogP contribution in [0.15, 0.2) is 0 Å². The molecule has 28 nitrogen and oxygen atoms in total. The van der Waals surface area contributed by atoms with E-state index in [0.29, 0.717) is 6.42 Å². The Morgan fingerprint density at radius 2 is 1.15 bits per heavy atom. The molecular weight excluding hydrogens is 897 g/mol. The first-order chi connectivity index (χ1) is 32.1. The summed E-state index contributed by atoms with van der Waals surface area (Å²) in [4.78, 5) is 135. The van der Waals surface area contributed by atoms with Crippen LogP contribution in [-0.4, -0.2) is 182 Å². The van der Waals surface area contributed by atoms with Crippen LogP contribution >= 0.6 is 0 Å². The SMILES string of the molecule is CC[C@H](C)[C@@H]1NC(=O)CNC(=O)[C@H](CCN)NC(=O)[C@@H](NC(=O)[C@H](CCN)NC(=O)[C@@H](NC(=O)[C@@H](N)CCN)[C@@H](C)O)CCNC(=O)[C@H]([C@@H](C)O)NC(=O)[C@H](CCN)NC(=O)[C@H](CCN)NC1=O. The third-order valence-electron chi connectivity index (χ3n) is 10.9. The Labute approximate surface area is 395 Å². The van der Waals surface area contributed by atoms with Crippen molar-refractivity contribution in [2.24, 2.45) is 40.3 Å². The third kappa shape index (κ3) is 20.3. The third-order valence-corrected chi connectivity index (χ3v) is 10.9. The van der Waals surface area contributed by atoms with E-state index >= 15 is 0 Å². The fourth-order valence-electron chi connectivity index (χ4n) is 6.65. The van der Waals surface area contributed by atoms with Gasteiger partial charge in [-0.05, 0) is 91.0 Å². The van der Waals surface area contributed by atoms with Crippen molar-refractivity contribution in [1.29, 1.82) is 0 Å². The predicted molar refractivity (Wildman–Crippen MR) is 245 cm³/mol. The van der Waals surface area contributed by atoms with E-state index in [0.717, 1.165) is 0 Å². The second-order valence-corrected chi connectivity index (χ2v) is 16.5. The second-order valence-electron chi connectivity index (χ2n) is 16.5. The summed E-state index contributed by atoms with van der Waals surface area (Å²) in [5.74, 6) is -9.63. The Hall–Kier alpha value is -5.62. The molecule has 1 aliphatic rings. The maximum absolute atomic E-state index is 14.0. The molecule has 0 spiro atoms. The quantitative estimate of drug-likeness (QED) is 0.0539.